The van der Waals surface area contributed by atoms with Crippen LogP contribution in [0.25, 0.3) is 0 Å². The van der Waals surface area contributed by atoms with Gasteiger partial charge in [-0.3, -0.25) is 9.59 Å². The van der Waals surface area contributed by atoms with Crippen LogP contribution in [0.3, 0.4) is 0 Å². The molecule has 2 nitrogen and oxygen atoms in total. The summed E-state index contributed by atoms with van der Waals surface area (Å²) in [4.78, 5) is 26.3. The van der Waals surface area contributed by atoms with Crippen LogP contribution in [0.1, 0.15) is 122 Å². The molecule has 9 atom stereocenters. The van der Waals surface area contributed by atoms with Gasteiger partial charge in [0, 0.05) is 24.3 Å². The number of ketones is 2. The van der Waals surface area contributed by atoms with E-state index in [9.17, 15) is 9.59 Å². The van der Waals surface area contributed by atoms with Crippen LogP contribution < -0.4 is 0 Å². The number of benzene rings is 1. The van der Waals surface area contributed by atoms with E-state index >= 15 is 0 Å². The Morgan fingerprint density at radius 1 is 0.919 bits per heavy atom. The first-order valence-corrected chi connectivity index (χ1v) is 15.7. The molecule has 204 valence electrons. The molecule has 0 amide bonds. The van der Waals surface area contributed by atoms with Crippen molar-refractivity contribution >= 4 is 11.6 Å². The van der Waals surface area contributed by atoms with Crippen LogP contribution in [-0.2, 0) is 4.79 Å². The summed E-state index contributed by atoms with van der Waals surface area (Å²) in [6.45, 7) is 12.5. The van der Waals surface area contributed by atoms with Crippen molar-refractivity contribution in [3.8, 4) is 0 Å². The molecule has 2 heteroatoms. The summed E-state index contributed by atoms with van der Waals surface area (Å²) in [5.74, 6) is 5.94. The third-order valence-electron chi connectivity index (χ3n) is 12.4. The Morgan fingerprint density at radius 3 is 2.38 bits per heavy atom. The molecular weight excluding hydrogens is 452 g/mol. The lowest BCUT2D eigenvalue weighted by atomic mass is 9.43. The van der Waals surface area contributed by atoms with Crippen LogP contribution >= 0.6 is 0 Å². The first-order valence-electron chi connectivity index (χ1n) is 15.7. The monoisotopic (exact) mass is 504 g/mol. The molecule has 0 unspecified atom stereocenters. The van der Waals surface area contributed by atoms with E-state index in [4.69, 9.17) is 0 Å². The average Bonchev–Trinajstić information content (AvgIpc) is 3.22. The largest absolute Gasteiger partial charge is 0.299 e. The van der Waals surface area contributed by atoms with Crippen molar-refractivity contribution in [2.75, 3.05) is 0 Å². The zero-order chi connectivity index (χ0) is 26.4. The van der Waals surface area contributed by atoms with Crippen LogP contribution in [0.5, 0.6) is 0 Å². The van der Waals surface area contributed by atoms with Gasteiger partial charge < -0.3 is 0 Å². The van der Waals surface area contributed by atoms with E-state index in [0.29, 0.717) is 30.0 Å². The number of carbonyl (C=O) groups is 2. The molecule has 4 aliphatic rings. The Kier molecular flexibility index (Phi) is 7.78. The highest BCUT2D eigenvalue weighted by Gasteiger charge is 2.61. The number of fused-ring (bicyclic) bond motifs is 5. The average molecular weight is 505 g/mol. The van der Waals surface area contributed by atoms with Crippen molar-refractivity contribution in [2.24, 2.45) is 58.2 Å². The Hall–Kier alpha value is -1.44. The third kappa shape index (κ3) is 5.00. The molecule has 0 saturated heterocycles. The number of Topliss-reactive ketones (excluding diaryl/α,β-unsaturated/α-hetero) is 2. The SMILES string of the molecule is CC(C)CCC[C@@H](C)[C@H]1CC[C@H]2[C@@H]3CC[C@H]4CC(=O)[C@H](CC(=O)c5ccccc5)C[C@]4(C)[C@H]3CC[C@]12C. The zero-order valence-corrected chi connectivity index (χ0v) is 24.3. The van der Waals surface area contributed by atoms with Gasteiger partial charge >= 0.3 is 0 Å². The molecule has 4 aliphatic carbocycles. The van der Waals surface area contributed by atoms with Crippen LogP contribution in [0.4, 0.5) is 0 Å². The van der Waals surface area contributed by atoms with Gasteiger partial charge in [-0.15, -0.1) is 0 Å². The summed E-state index contributed by atoms with van der Waals surface area (Å²) in [7, 11) is 0. The molecule has 37 heavy (non-hydrogen) atoms. The van der Waals surface area contributed by atoms with Gasteiger partial charge in [0.1, 0.15) is 5.78 Å². The van der Waals surface area contributed by atoms with Crippen LogP contribution in [0.15, 0.2) is 30.3 Å². The molecule has 0 N–H and O–H groups in total. The minimum absolute atomic E-state index is 0.0849. The summed E-state index contributed by atoms with van der Waals surface area (Å²) in [6.07, 6.45) is 14.3. The maximum absolute atomic E-state index is 13.2. The summed E-state index contributed by atoms with van der Waals surface area (Å²) in [5.41, 5.74) is 1.49. The maximum atomic E-state index is 13.2. The topological polar surface area (TPSA) is 34.1 Å². The molecule has 0 aliphatic heterocycles. The van der Waals surface area contributed by atoms with Gasteiger partial charge in [-0.05, 0) is 97.2 Å². The van der Waals surface area contributed by atoms with Crippen LogP contribution in [-0.4, -0.2) is 11.6 Å². The van der Waals surface area contributed by atoms with Gasteiger partial charge in [-0.2, -0.15) is 0 Å². The van der Waals surface area contributed by atoms with E-state index in [1.165, 1.54) is 57.8 Å². The fourth-order valence-corrected chi connectivity index (χ4v) is 10.4. The summed E-state index contributed by atoms with van der Waals surface area (Å²) < 4.78 is 0. The van der Waals surface area contributed by atoms with E-state index in [-0.39, 0.29) is 17.1 Å². The Morgan fingerprint density at radius 2 is 1.65 bits per heavy atom. The number of carbonyl (C=O) groups excluding carboxylic acids is 2. The quantitative estimate of drug-likeness (QED) is 0.331. The second-order valence-electron chi connectivity index (χ2n) is 14.8. The van der Waals surface area contributed by atoms with Gasteiger partial charge in [0.2, 0.25) is 0 Å². The first kappa shape index (κ1) is 27.1. The van der Waals surface area contributed by atoms with Gasteiger partial charge in [0.25, 0.3) is 0 Å². The highest BCUT2D eigenvalue weighted by molar-refractivity contribution is 5.99. The number of hydrogen-bond donors (Lipinski definition) is 0. The van der Waals surface area contributed by atoms with Crippen molar-refractivity contribution < 1.29 is 9.59 Å². The highest BCUT2D eigenvalue weighted by Crippen LogP contribution is 2.68. The normalized spacial score (nSPS) is 40.1. The van der Waals surface area contributed by atoms with E-state index in [1.807, 2.05) is 30.3 Å². The van der Waals surface area contributed by atoms with Crippen molar-refractivity contribution in [1.29, 1.82) is 0 Å². The second kappa shape index (κ2) is 10.6. The van der Waals surface area contributed by atoms with Crippen LogP contribution in [0, 0.1) is 58.2 Å². The predicted molar refractivity (Wildman–Crippen MR) is 152 cm³/mol. The lowest BCUT2D eigenvalue weighted by molar-refractivity contribution is -0.148. The minimum atomic E-state index is -0.0849. The number of hydrogen-bond acceptors (Lipinski definition) is 2. The fraction of sp³-hybridized carbons (Fsp3) is 0.771. The van der Waals surface area contributed by atoms with Crippen molar-refractivity contribution in [1.82, 2.24) is 0 Å². The summed E-state index contributed by atoms with van der Waals surface area (Å²) >= 11 is 0. The summed E-state index contributed by atoms with van der Waals surface area (Å²) in [6, 6.07) is 9.61. The Labute approximate surface area is 226 Å². The zero-order valence-electron chi connectivity index (χ0n) is 24.3. The molecule has 0 bridgehead atoms. The van der Waals surface area contributed by atoms with E-state index in [2.05, 4.69) is 34.6 Å². The molecule has 1 aromatic carbocycles. The van der Waals surface area contributed by atoms with Gasteiger partial charge in [-0.25, -0.2) is 0 Å². The number of rotatable bonds is 8. The fourth-order valence-electron chi connectivity index (χ4n) is 10.4. The van der Waals surface area contributed by atoms with Gasteiger partial charge in [-0.1, -0.05) is 84.2 Å². The molecule has 1 aromatic rings. The van der Waals surface area contributed by atoms with E-state index in [0.717, 1.165) is 47.5 Å². The smallest absolute Gasteiger partial charge is 0.163 e. The van der Waals surface area contributed by atoms with Gasteiger partial charge in [0.15, 0.2) is 5.78 Å². The van der Waals surface area contributed by atoms with E-state index < -0.39 is 0 Å². The Bertz CT molecular complexity index is 965. The predicted octanol–water partition coefficient (Wildman–Crippen LogP) is 9.18. The first-order chi connectivity index (χ1) is 17.6. The molecule has 0 aromatic heterocycles. The molecule has 5 rings (SSSR count). The molecule has 0 spiro atoms. The van der Waals surface area contributed by atoms with Gasteiger partial charge in [0.05, 0.1) is 0 Å². The molecular formula is C35H52O2. The lowest BCUT2D eigenvalue weighted by Crippen LogP contribution is -2.55. The van der Waals surface area contributed by atoms with Crippen molar-refractivity contribution in [3.63, 3.8) is 0 Å². The standard InChI is InChI=1S/C35H52O2/c1-23(2)10-9-11-24(3)29-16-17-30-28-15-14-27-21-33(37)26(20-32(36)25-12-7-6-8-13-25)22-35(27,5)31(28)18-19-34(29,30)4/h6-8,12-13,23-24,26-31H,9-11,14-22H2,1-5H3/t24-,26-,27+,28+,29-,30+,31+,34-,35+/m1/s1. The third-order valence-corrected chi connectivity index (χ3v) is 12.4. The molecule has 4 fully saturated rings. The van der Waals surface area contributed by atoms with E-state index in [1.54, 1.807) is 0 Å². The minimum Gasteiger partial charge on any atom is -0.299 e. The Balaban J connectivity index is 1.29. The van der Waals surface area contributed by atoms with Crippen molar-refractivity contribution in [3.05, 3.63) is 35.9 Å². The molecule has 0 radical (unpaired) electrons. The molecule has 4 saturated carbocycles. The summed E-state index contributed by atoms with van der Waals surface area (Å²) in [5, 5.41) is 0. The maximum Gasteiger partial charge on any atom is 0.163 e. The second-order valence-corrected chi connectivity index (χ2v) is 14.8. The lowest BCUT2D eigenvalue weighted by Gasteiger charge is -2.61. The highest BCUT2D eigenvalue weighted by atomic mass is 16.1. The van der Waals surface area contributed by atoms with Crippen LogP contribution in [0.2, 0.25) is 0 Å². The molecule has 0 heterocycles. The van der Waals surface area contributed by atoms with Crippen molar-refractivity contribution in [2.45, 2.75) is 112 Å².